The summed E-state index contributed by atoms with van der Waals surface area (Å²) in [5.74, 6) is 0.875. The smallest absolute Gasteiger partial charge is 0.199 e. The van der Waals surface area contributed by atoms with E-state index in [1.165, 1.54) is 5.56 Å². The first kappa shape index (κ1) is 16.6. The molecule has 0 saturated carbocycles. The molecule has 0 atom stereocenters. The van der Waals surface area contributed by atoms with E-state index in [0.29, 0.717) is 6.67 Å². The minimum absolute atomic E-state index is 0.663. The average Bonchev–Trinajstić information content (AvgIpc) is 3.11. The number of rotatable bonds is 5. The quantitative estimate of drug-likeness (QED) is 0.579. The van der Waals surface area contributed by atoms with Gasteiger partial charge in [-0.3, -0.25) is 4.90 Å². The van der Waals surface area contributed by atoms with Gasteiger partial charge in [0.25, 0.3) is 0 Å². The molecule has 120 valence electrons. The molecule has 0 amide bonds. The summed E-state index contributed by atoms with van der Waals surface area (Å²) in [6.45, 7) is 1.55. The van der Waals surface area contributed by atoms with Crippen LogP contribution in [-0.2, 0) is 20.3 Å². The standard InChI is InChI=1S/C16H17BrN4S2/c1-19(9-12-6-7-23-10-12)11-21-16(22)20(2)15(18-21)13-4-3-5-14(17)8-13/h3-8,10H,9,11H2,1-2H3. The number of aromatic nitrogens is 3. The molecule has 3 aromatic rings. The topological polar surface area (TPSA) is 26.0 Å². The summed E-state index contributed by atoms with van der Waals surface area (Å²) < 4.78 is 5.58. The molecule has 0 spiro atoms. The van der Waals surface area contributed by atoms with E-state index in [-0.39, 0.29) is 0 Å². The minimum Gasteiger partial charge on any atom is -0.303 e. The second-order valence-electron chi connectivity index (χ2n) is 5.46. The van der Waals surface area contributed by atoms with E-state index in [4.69, 9.17) is 17.3 Å². The molecular weight excluding hydrogens is 392 g/mol. The molecule has 2 heterocycles. The van der Waals surface area contributed by atoms with Crippen LogP contribution < -0.4 is 0 Å². The molecule has 3 rings (SSSR count). The van der Waals surface area contributed by atoms with Gasteiger partial charge in [-0.25, -0.2) is 4.68 Å². The van der Waals surface area contributed by atoms with E-state index in [1.54, 1.807) is 11.3 Å². The Kier molecular flexibility index (Phi) is 5.11. The van der Waals surface area contributed by atoms with Gasteiger partial charge in [0.05, 0.1) is 6.67 Å². The number of benzene rings is 1. The zero-order valence-corrected chi connectivity index (χ0v) is 16.2. The van der Waals surface area contributed by atoms with Crippen molar-refractivity contribution < 1.29 is 0 Å². The molecule has 0 unspecified atom stereocenters. The Bertz CT molecular complexity index is 851. The number of nitrogens with zero attached hydrogens (tertiary/aromatic N) is 4. The summed E-state index contributed by atoms with van der Waals surface area (Å²) in [5, 5.41) is 8.97. The van der Waals surface area contributed by atoms with Gasteiger partial charge in [0.1, 0.15) is 0 Å². The van der Waals surface area contributed by atoms with Gasteiger partial charge in [-0.1, -0.05) is 28.1 Å². The third kappa shape index (κ3) is 3.80. The lowest BCUT2D eigenvalue weighted by Gasteiger charge is -2.15. The third-order valence-corrected chi connectivity index (χ3v) is 5.24. The molecule has 1 aromatic carbocycles. The zero-order valence-electron chi connectivity index (χ0n) is 12.9. The molecule has 4 nitrogen and oxygen atoms in total. The molecule has 23 heavy (non-hydrogen) atoms. The molecule has 0 aliphatic heterocycles. The van der Waals surface area contributed by atoms with E-state index in [2.05, 4.69) is 50.8 Å². The van der Waals surface area contributed by atoms with Crippen molar-refractivity contribution in [3.63, 3.8) is 0 Å². The fourth-order valence-corrected chi connectivity index (χ4v) is 3.68. The summed E-state index contributed by atoms with van der Waals surface area (Å²) in [4.78, 5) is 2.20. The van der Waals surface area contributed by atoms with Crippen LogP contribution in [0.25, 0.3) is 11.4 Å². The Balaban J connectivity index is 1.84. The number of hydrogen-bond donors (Lipinski definition) is 0. The molecular formula is C16H17BrN4S2. The highest BCUT2D eigenvalue weighted by atomic mass is 79.9. The lowest BCUT2D eigenvalue weighted by Crippen LogP contribution is -2.22. The molecule has 7 heteroatoms. The first-order valence-electron chi connectivity index (χ1n) is 7.14. The van der Waals surface area contributed by atoms with Crippen LogP contribution in [0.1, 0.15) is 5.56 Å². The van der Waals surface area contributed by atoms with Gasteiger partial charge in [-0.15, -0.1) is 0 Å². The third-order valence-electron chi connectivity index (χ3n) is 3.53. The van der Waals surface area contributed by atoms with E-state index >= 15 is 0 Å². The summed E-state index contributed by atoms with van der Waals surface area (Å²) in [5.41, 5.74) is 2.36. The van der Waals surface area contributed by atoms with Crippen LogP contribution in [0.4, 0.5) is 0 Å². The predicted octanol–water partition coefficient (Wildman–Crippen LogP) is 4.53. The lowest BCUT2D eigenvalue weighted by atomic mass is 10.2. The van der Waals surface area contributed by atoms with Crippen LogP contribution in [0.15, 0.2) is 45.6 Å². The van der Waals surface area contributed by atoms with E-state index in [9.17, 15) is 0 Å². The molecule has 0 radical (unpaired) electrons. The zero-order chi connectivity index (χ0) is 16.4. The van der Waals surface area contributed by atoms with Crippen molar-refractivity contribution in [1.82, 2.24) is 19.2 Å². The van der Waals surface area contributed by atoms with Crippen molar-refractivity contribution in [3.8, 4) is 11.4 Å². The van der Waals surface area contributed by atoms with Crippen LogP contribution >= 0.6 is 39.5 Å². The van der Waals surface area contributed by atoms with Gasteiger partial charge in [0.2, 0.25) is 0 Å². The first-order chi connectivity index (χ1) is 11.0. The summed E-state index contributed by atoms with van der Waals surface area (Å²) in [6.07, 6.45) is 0. The average molecular weight is 409 g/mol. The Labute approximate surface area is 153 Å². The van der Waals surface area contributed by atoms with Crippen LogP contribution in [0.5, 0.6) is 0 Å². The second kappa shape index (κ2) is 7.09. The summed E-state index contributed by atoms with van der Waals surface area (Å²) in [7, 11) is 4.04. The van der Waals surface area contributed by atoms with Crippen molar-refractivity contribution in [3.05, 3.63) is 55.9 Å². The van der Waals surface area contributed by atoms with Gasteiger partial charge in [0, 0.05) is 23.6 Å². The van der Waals surface area contributed by atoms with Gasteiger partial charge in [-0.2, -0.15) is 16.4 Å². The normalized spacial score (nSPS) is 11.3. The Hall–Kier alpha value is -1.28. The Morgan fingerprint density at radius 2 is 2.17 bits per heavy atom. The van der Waals surface area contributed by atoms with E-state index in [1.807, 2.05) is 34.5 Å². The Morgan fingerprint density at radius 3 is 2.87 bits per heavy atom. The minimum atomic E-state index is 0.663. The number of halogens is 1. The monoisotopic (exact) mass is 408 g/mol. The second-order valence-corrected chi connectivity index (χ2v) is 7.52. The SMILES string of the molecule is CN(Cc1ccsc1)Cn1nc(-c2cccc(Br)c2)n(C)c1=S. The van der Waals surface area contributed by atoms with Gasteiger partial charge in [0.15, 0.2) is 10.6 Å². The fraction of sp³-hybridized carbons (Fsp3) is 0.250. The largest absolute Gasteiger partial charge is 0.303 e. The van der Waals surface area contributed by atoms with Gasteiger partial charge >= 0.3 is 0 Å². The molecule has 0 aliphatic carbocycles. The first-order valence-corrected chi connectivity index (χ1v) is 9.28. The van der Waals surface area contributed by atoms with Crippen molar-refractivity contribution in [1.29, 1.82) is 0 Å². The van der Waals surface area contributed by atoms with Crippen molar-refractivity contribution >= 4 is 39.5 Å². The molecule has 0 N–H and O–H groups in total. The highest BCUT2D eigenvalue weighted by molar-refractivity contribution is 9.10. The van der Waals surface area contributed by atoms with Crippen LogP contribution in [0.3, 0.4) is 0 Å². The number of hydrogen-bond acceptors (Lipinski definition) is 4. The molecule has 0 saturated heterocycles. The van der Waals surface area contributed by atoms with Gasteiger partial charge in [-0.05, 0) is 53.8 Å². The maximum atomic E-state index is 5.54. The maximum Gasteiger partial charge on any atom is 0.199 e. The van der Waals surface area contributed by atoms with Crippen LogP contribution in [0, 0.1) is 4.77 Å². The van der Waals surface area contributed by atoms with Crippen molar-refractivity contribution in [2.75, 3.05) is 7.05 Å². The number of thiophene rings is 1. The highest BCUT2D eigenvalue weighted by Crippen LogP contribution is 2.21. The van der Waals surface area contributed by atoms with Crippen molar-refractivity contribution in [2.45, 2.75) is 13.2 Å². The molecule has 2 aromatic heterocycles. The highest BCUT2D eigenvalue weighted by Gasteiger charge is 2.12. The summed E-state index contributed by atoms with van der Waals surface area (Å²) in [6, 6.07) is 10.2. The van der Waals surface area contributed by atoms with Crippen LogP contribution in [0.2, 0.25) is 0 Å². The molecule has 0 aliphatic rings. The Morgan fingerprint density at radius 1 is 1.35 bits per heavy atom. The van der Waals surface area contributed by atoms with Gasteiger partial charge < -0.3 is 4.57 Å². The summed E-state index contributed by atoms with van der Waals surface area (Å²) >= 11 is 10.8. The predicted molar refractivity (Wildman–Crippen MR) is 101 cm³/mol. The van der Waals surface area contributed by atoms with E-state index in [0.717, 1.165) is 27.2 Å². The van der Waals surface area contributed by atoms with Crippen LogP contribution in [-0.4, -0.2) is 26.3 Å². The lowest BCUT2D eigenvalue weighted by molar-refractivity contribution is 0.244. The fourth-order valence-electron chi connectivity index (χ4n) is 2.43. The maximum absolute atomic E-state index is 5.54. The van der Waals surface area contributed by atoms with E-state index < -0.39 is 0 Å². The van der Waals surface area contributed by atoms with Crippen molar-refractivity contribution in [2.24, 2.45) is 7.05 Å². The molecule has 0 fully saturated rings. The molecule has 0 bridgehead atoms.